The standard InChI is InChI=1S/C11H15N5OS/c1-3-17-11-9(12)10(13-6-14-11)16(2)4-8-5-18-7-15-8/h5-7H,3-4,12H2,1-2H3. The first-order valence-electron chi connectivity index (χ1n) is 5.53. The van der Waals surface area contributed by atoms with E-state index < -0.39 is 0 Å². The molecule has 0 aromatic carbocycles. The average molecular weight is 265 g/mol. The van der Waals surface area contributed by atoms with Gasteiger partial charge in [-0.1, -0.05) is 0 Å². The fourth-order valence-electron chi connectivity index (χ4n) is 1.56. The fourth-order valence-corrected chi connectivity index (χ4v) is 2.11. The van der Waals surface area contributed by atoms with Gasteiger partial charge in [0.25, 0.3) is 0 Å². The minimum absolute atomic E-state index is 0.424. The average Bonchev–Trinajstić information content (AvgIpc) is 2.85. The molecular weight excluding hydrogens is 250 g/mol. The fraction of sp³-hybridized carbons (Fsp3) is 0.364. The minimum atomic E-state index is 0.424. The van der Waals surface area contributed by atoms with E-state index in [0.717, 1.165) is 5.69 Å². The number of hydrogen-bond donors (Lipinski definition) is 1. The van der Waals surface area contributed by atoms with Crippen LogP contribution in [0.1, 0.15) is 12.6 Å². The molecule has 0 aliphatic carbocycles. The molecular formula is C11H15N5OS. The predicted molar refractivity (Wildman–Crippen MR) is 71.8 cm³/mol. The highest BCUT2D eigenvalue weighted by molar-refractivity contribution is 7.07. The number of nitrogens with two attached hydrogens (primary N) is 1. The third-order valence-electron chi connectivity index (χ3n) is 2.35. The van der Waals surface area contributed by atoms with Gasteiger partial charge < -0.3 is 15.4 Å². The SMILES string of the molecule is CCOc1ncnc(N(C)Cc2cscn2)c1N. The van der Waals surface area contributed by atoms with Gasteiger partial charge in [-0.3, -0.25) is 0 Å². The molecule has 7 heteroatoms. The summed E-state index contributed by atoms with van der Waals surface area (Å²) in [6.45, 7) is 3.06. The van der Waals surface area contributed by atoms with E-state index in [1.54, 1.807) is 16.8 Å². The Morgan fingerprint density at radius 1 is 1.39 bits per heavy atom. The van der Waals surface area contributed by atoms with Gasteiger partial charge in [0, 0.05) is 12.4 Å². The summed E-state index contributed by atoms with van der Waals surface area (Å²) < 4.78 is 5.35. The zero-order valence-corrected chi connectivity index (χ0v) is 11.1. The van der Waals surface area contributed by atoms with Gasteiger partial charge in [0.15, 0.2) is 5.82 Å². The highest BCUT2D eigenvalue weighted by Crippen LogP contribution is 2.27. The monoisotopic (exact) mass is 265 g/mol. The molecule has 2 heterocycles. The second-order valence-electron chi connectivity index (χ2n) is 3.68. The Balaban J connectivity index is 2.19. The van der Waals surface area contributed by atoms with Crippen LogP contribution in [0.3, 0.4) is 0 Å². The van der Waals surface area contributed by atoms with Gasteiger partial charge in [0.2, 0.25) is 5.88 Å². The summed E-state index contributed by atoms with van der Waals surface area (Å²) in [5.41, 5.74) is 9.23. The Hall–Kier alpha value is -1.89. The van der Waals surface area contributed by atoms with Gasteiger partial charge >= 0.3 is 0 Å². The third-order valence-corrected chi connectivity index (χ3v) is 2.99. The molecule has 0 bridgehead atoms. The first-order chi connectivity index (χ1) is 8.72. The molecule has 0 saturated heterocycles. The molecule has 0 radical (unpaired) electrons. The second-order valence-corrected chi connectivity index (χ2v) is 4.40. The van der Waals surface area contributed by atoms with Crippen LogP contribution >= 0.6 is 11.3 Å². The van der Waals surface area contributed by atoms with E-state index in [2.05, 4.69) is 15.0 Å². The lowest BCUT2D eigenvalue weighted by Crippen LogP contribution is -2.20. The van der Waals surface area contributed by atoms with Crippen molar-refractivity contribution in [2.45, 2.75) is 13.5 Å². The number of nitrogens with zero attached hydrogens (tertiary/aromatic N) is 4. The van der Waals surface area contributed by atoms with Gasteiger partial charge in [0.1, 0.15) is 12.0 Å². The van der Waals surface area contributed by atoms with Gasteiger partial charge in [-0.2, -0.15) is 4.98 Å². The lowest BCUT2D eigenvalue weighted by atomic mass is 10.4. The topological polar surface area (TPSA) is 77.2 Å². The van der Waals surface area contributed by atoms with Gasteiger partial charge in [-0.05, 0) is 6.92 Å². The lowest BCUT2D eigenvalue weighted by Gasteiger charge is -2.19. The molecule has 0 spiro atoms. The van der Waals surface area contributed by atoms with Crippen LogP contribution in [0.15, 0.2) is 17.2 Å². The van der Waals surface area contributed by atoms with Crippen molar-refractivity contribution in [2.24, 2.45) is 0 Å². The largest absolute Gasteiger partial charge is 0.476 e. The van der Waals surface area contributed by atoms with E-state index in [4.69, 9.17) is 10.5 Å². The minimum Gasteiger partial charge on any atom is -0.476 e. The molecule has 6 nitrogen and oxygen atoms in total. The predicted octanol–water partition coefficient (Wildman–Crippen LogP) is 1.55. The summed E-state index contributed by atoms with van der Waals surface area (Å²) >= 11 is 1.57. The van der Waals surface area contributed by atoms with Crippen LogP contribution in [0.2, 0.25) is 0 Å². The maximum absolute atomic E-state index is 5.99. The summed E-state index contributed by atoms with van der Waals surface area (Å²) in [7, 11) is 1.91. The van der Waals surface area contributed by atoms with Crippen LogP contribution in [0.5, 0.6) is 5.88 Å². The van der Waals surface area contributed by atoms with E-state index in [9.17, 15) is 0 Å². The molecule has 0 atom stereocenters. The summed E-state index contributed by atoms with van der Waals surface area (Å²) in [5.74, 6) is 1.08. The molecule has 0 aliphatic rings. The quantitative estimate of drug-likeness (QED) is 0.883. The van der Waals surface area contributed by atoms with Crippen LogP contribution in [-0.2, 0) is 6.54 Å². The van der Waals surface area contributed by atoms with E-state index in [-0.39, 0.29) is 0 Å². The summed E-state index contributed by atoms with van der Waals surface area (Å²) in [4.78, 5) is 14.4. The Bertz CT molecular complexity index is 502. The Kier molecular flexibility index (Phi) is 3.93. The molecule has 0 aliphatic heterocycles. The number of ether oxygens (including phenoxy) is 1. The van der Waals surface area contributed by atoms with Crippen molar-refractivity contribution in [1.29, 1.82) is 0 Å². The maximum Gasteiger partial charge on any atom is 0.242 e. The summed E-state index contributed by atoms with van der Waals surface area (Å²) in [6.07, 6.45) is 1.45. The zero-order chi connectivity index (χ0) is 13.0. The Morgan fingerprint density at radius 2 is 2.22 bits per heavy atom. The van der Waals surface area contributed by atoms with E-state index in [1.807, 2.05) is 24.3 Å². The van der Waals surface area contributed by atoms with Crippen molar-refractivity contribution in [3.63, 3.8) is 0 Å². The van der Waals surface area contributed by atoms with E-state index >= 15 is 0 Å². The van der Waals surface area contributed by atoms with Gasteiger partial charge in [-0.25, -0.2) is 9.97 Å². The second kappa shape index (κ2) is 5.63. The highest BCUT2D eigenvalue weighted by atomic mass is 32.1. The van der Waals surface area contributed by atoms with Crippen molar-refractivity contribution in [3.8, 4) is 5.88 Å². The molecule has 0 fully saturated rings. The van der Waals surface area contributed by atoms with Gasteiger partial charge in [0.05, 0.1) is 24.4 Å². The molecule has 2 rings (SSSR count). The summed E-state index contributed by atoms with van der Waals surface area (Å²) in [5, 5.41) is 2.00. The lowest BCUT2D eigenvalue weighted by molar-refractivity contribution is 0.328. The molecule has 18 heavy (non-hydrogen) atoms. The van der Waals surface area contributed by atoms with Crippen LogP contribution < -0.4 is 15.4 Å². The summed E-state index contributed by atoms with van der Waals surface area (Å²) in [6, 6.07) is 0. The smallest absolute Gasteiger partial charge is 0.242 e. The molecule has 0 saturated carbocycles. The van der Waals surface area contributed by atoms with E-state index in [0.29, 0.717) is 30.5 Å². The number of rotatable bonds is 5. The Labute approximate surface area is 109 Å². The molecule has 2 aromatic rings. The zero-order valence-electron chi connectivity index (χ0n) is 10.3. The van der Waals surface area contributed by atoms with Gasteiger partial charge in [-0.15, -0.1) is 11.3 Å². The first kappa shape index (κ1) is 12.6. The normalized spacial score (nSPS) is 10.3. The van der Waals surface area contributed by atoms with Crippen LogP contribution in [0.25, 0.3) is 0 Å². The number of hydrogen-bond acceptors (Lipinski definition) is 7. The van der Waals surface area contributed by atoms with E-state index in [1.165, 1.54) is 6.33 Å². The van der Waals surface area contributed by atoms with Crippen LogP contribution in [0, 0.1) is 0 Å². The number of anilines is 2. The van der Waals surface area contributed by atoms with Crippen molar-refractivity contribution in [3.05, 3.63) is 22.9 Å². The Morgan fingerprint density at radius 3 is 2.89 bits per heavy atom. The van der Waals surface area contributed by atoms with Crippen molar-refractivity contribution >= 4 is 22.8 Å². The maximum atomic E-state index is 5.99. The number of nitrogen functional groups attached to an aromatic ring is 1. The molecule has 0 unspecified atom stereocenters. The molecule has 2 N–H and O–H groups in total. The molecule has 2 aromatic heterocycles. The van der Waals surface area contributed by atoms with Crippen LogP contribution in [0.4, 0.5) is 11.5 Å². The third kappa shape index (κ3) is 2.67. The first-order valence-corrected chi connectivity index (χ1v) is 6.48. The highest BCUT2D eigenvalue weighted by Gasteiger charge is 2.13. The molecule has 96 valence electrons. The number of thiazole rings is 1. The van der Waals surface area contributed by atoms with Crippen molar-refractivity contribution in [2.75, 3.05) is 24.3 Å². The van der Waals surface area contributed by atoms with Crippen LogP contribution in [-0.4, -0.2) is 28.6 Å². The van der Waals surface area contributed by atoms with Crippen molar-refractivity contribution < 1.29 is 4.74 Å². The molecule has 0 amide bonds. The van der Waals surface area contributed by atoms with Crippen molar-refractivity contribution in [1.82, 2.24) is 15.0 Å². The number of aromatic nitrogens is 3.